The van der Waals surface area contributed by atoms with Crippen molar-refractivity contribution in [2.24, 2.45) is 0 Å². The van der Waals surface area contributed by atoms with Crippen molar-refractivity contribution in [3.63, 3.8) is 0 Å². The lowest BCUT2D eigenvalue weighted by Gasteiger charge is -2.21. The number of amides is 1. The fourth-order valence-corrected chi connectivity index (χ4v) is 6.89. The monoisotopic (exact) mass is 451 g/mol. The number of nitrogens with zero attached hydrogens (tertiary/aromatic N) is 2. The minimum absolute atomic E-state index is 0.0268. The lowest BCUT2D eigenvalue weighted by Crippen LogP contribution is -2.22. The van der Waals surface area contributed by atoms with Gasteiger partial charge in [-0.25, -0.2) is 4.68 Å². The van der Waals surface area contributed by atoms with E-state index >= 15 is 0 Å². The minimum Gasteiger partial charge on any atom is -0.484 e. The number of nitrogens with one attached hydrogen (secondary N) is 1. The van der Waals surface area contributed by atoms with E-state index < -0.39 is 0 Å². The number of anilines is 1. The quantitative estimate of drug-likeness (QED) is 0.555. The van der Waals surface area contributed by atoms with Gasteiger partial charge in [0.15, 0.2) is 6.61 Å². The van der Waals surface area contributed by atoms with Gasteiger partial charge in [0.2, 0.25) is 0 Å². The molecule has 2 aromatic carbocycles. The van der Waals surface area contributed by atoms with Gasteiger partial charge in [-0.3, -0.25) is 4.79 Å². The van der Waals surface area contributed by atoms with Crippen molar-refractivity contribution >= 4 is 35.2 Å². The molecule has 1 saturated heterocycles. The highest BCUT2D eigenvalue weighted by molar-refractivity contribution is 8.16. The van der Waals surface area contributed by atoms with E-state index in [4.69, 9.17) is 9.84 Å². The maximum Gasteiger partial charge on any atom is 0.263 e. The summed E-state index contributed by atoms with van der Waals surface area (Å²) in [5, 5.41) is 7.80. The molecule has 1 fully saturated rings. The third kappa shape index (κ3) is 4.62. The van der Waals surface area contributed by atoms with Crippen LogP contribution in [0.4, 0.5) is 5.82 Å². The molecule has 2 heterocycles. The number of thioether (sulfide) groups is 2. The number of fused-ring (bicyclic) bond motifs is 1. The van der Waals surface area contributed by atoms with Crippen LogP contribution in [0.1, 0.15) is 34.2 Å². The van der Waals surface area contributed by atoms with Gasteiger partial charge in [0.1, 0.15) is 11.6 Å². The van der Waals surface area contributed by atoms with Crippen LogP contribution in [0.25, 0.3) is 5.69 Å². The predicted octanol–water partition coefficient (Wildman–Crippen LogP) is 5.25. The third-order valence-corrected chi connectivity index (χ3v) is 8.53. The minimum atomic E-state index is -0.172. The number of carbonyl (C=O) groups is 1. The Hall–Kier alpha value is -2.38. The predicted molar refractivity (Wildman–Crippen MR) is 128 cm³/mol. The van der Waals surface area contributed by atoms with Crippen LogP contribution in [-0.4, -0.2) is 33.8 Å². The van der Waals surface area contributed by atoms with Gasteiger partial charge in [-0.05, 0) is 67.0 Å². The number of hydrogen-bond acceptors (Lipinski definition) is 5. The number of ether oxygens (including phenoxy) is 1. The molecule has 0 saturated carbocycles. The summed E-state index contributed by atoms with van der Waals surface area (Å²) in [5.41, 5.74) is 4.48. The molecule has 0 unspecified atom stereocenters. The van der Waals surface area contributed by atoms with E-state index in [1.807, 2.05) is 70.7 Å². The van der Waals surface area contributed by atoms with Crippen LogP contribution in [0.15, 0.2) is 54.6 Å². The summed E-state index contributed by atoms with van der Waals surface area (Å²) >= 11 is 4.00. The first-order valence-corrected chi connectivity index (χ1v) is 12.8. The molecule has 1 aromatic heterocycles. The van der Waals surface area contributed by atoms with Crippen molar-refractivity contribution in [1.82, 2.24) is 9.78 Å². The standard InChI is InChI=1S/C24H25N3O2S2/c28-22(16-29-19-12-10-17(11-13-19)24-30-14-5-15-31-24)25-23-20-8-4-9-21(20)26-27(23)18-6-2-1-3-7-18/h1-3,6-7,10-13,24H,4-5,8-9,14-16H2,(H,25,28). The molecule has 3 aromatic rings. The van der Waals surface area contributed by atoms with Gasteiger partial charge < -0.3 is 10.1 Å². The molecule has 160 valence electrons. The van der Waals surface area contributed by atoms with Crippen molar-refractivity contribution in [1.29, 1.82) is 0 Å². The third-order valence-electron chi connectivity index (χ3n) is 5.51. The average molecular weight is 452 g/mol. The summed E-state index contributed by atoms with van der Waals surface area (Å²) in [4.78, 5) is 12.7. The number of benzene rings is 2. The van der Waals surface area contributed by atoms with Crippen molar-refractivity contribution in [2.45, 2.75) is 30.3 Å². The van der Waals surface area contributed by atoms with Crippen LogP contribution in [0.3, 0.4) is 0 Å². The SMILES string of the molecule is O=C(COc1ccc(C2SCCCS2)cc1)Nc1c2c(nn1-c1ccccc1)CCC2. The molecule has 0 radical (unpaired) electrons. The zero-order chi connectivity index (χ0) is 21.0. The van der Waals surface area contributed by atoms with Gasteiger partial charge >= 0.3 is 0 Å². The number of hydrogen-bond donors (Lipinski definition) is 1. The van der Waals surface area contributed by atoms with Crippen molar-refractivity contribution < 1.29 is 9.53 Å². The van der Waals surface area contributed by atoms with Crippen molar-refractivity contribution in [2.75, 3.05) is 23.4 Å². The van der Waals surface area contributed by atoms with Crippen LogP contribution in [0.2, 0.25) is 0 Å². The average Bonchev–Trinajstić information content (AvgIpc) is 3.42. The van der Waals surface area contributed by atoms with E-state index in [0.29, 0.717) is 10.3 Å². The second-order valence-electron chi connectivity index (χ2n) is 7.71. The van der Waals surface area contributed by atoms with E-state index in [1.165, 1.54) is 23.5 Å². The number of para-hydroxylation sites is 1. The Morgan fingerprint density at radius 3 is 2.58 bits per heavy atom. The van der Waals surface area contributed by atoms with Gasteiger partial charge in [-0.2, -0.15) is 5.10 Å². The normalized spacial score (nSPS) is 16.1. The number of rotatable bonds is 6. The van der Waals surface area contributed by atoms with E-state index in [2.05, 4.69) is 17.4 Å². The summed E-state index contributed by atoms with van der Waals surface area (Å²) in [5.74, 6) is 3.76. The molecule has 1 amide bonds. The topological polar surface area (TPSA) is 56.1 Å². The first-order valence-electron chi connectivity index (χ1n) is 10.7. The zero-order valence-electron chi connectivity index (χ0n) is 17.3. The number of carbonyl (C=O) groups excluding carboxylic acids is 1. The molecule has 1 aliphatic heterocycles. The van der Waals surface area contributed by atoms with Crippen LogP contribution < -0.4 is 10.1 Å². The summed E-state index contributed by atoms with van der Waals surface area (Å²) in [7, 11) is 0. The molecular weight excluding hydrogens is 426 g/mol. The van der Waals surface area contributed by atoms with E-state index in [-0.39, 0.29) is 12.5 Å². The van der Waals surface area contributed by atoms with Crippen LogP contribution >= 0.6 is 23.5 Å². The fourth-order valence-electron chi connectivity index (χ4n) is 3.99. The first-order chi connectivity index (χ1) is 15.3. The fraction of sp³-hybridized carbons (Fsp3) is 0.333. The van der Waals surface area contributed by atoms with E-state index in [0.717, 1.165) is 42.0 Å². The van der Waals surface area contributed by atoms with E-state index in [9.17, 15) is 4.79 Å². The molecule has 5 rings (SSSR count). The Balaban J connectivity index is 1.24. The van der Waals surface area contributed by atoms with Crippen LogP contribution in [0.5, 0.6) is 5.75 Å². The Morgan fingerprint density at radius 1 is 1.03 bits per heavy atom. The highest BCUT2D eigenvalue weighted by atomic mass is 32.2. The zero-order valence-corrected chi connectivity index (χ0v) is 18.9. The smallest absolute Gasteiger partial charge is 0.263 e. The maximum atomic E-state index is 12.7. The Kier molecular flexibility index (Phi) is 6.22. The van der Waals surface area contributed by atoms with Crippen LogP contribution in [0, 0.1) is 0 Å². The van der Waals surface area contributed by atoms with Gasteiger partial charge in [0.25, 0.3) is 5.91 Å². The lowest BCUT2D eigenvalue weighted by molar-refractivity contribution is -0.118. The van der Waals surface area contributed by atoms with E-state index in [1.54, 1.807) is 0 Å². The molecule has 1 N–H and O–H groups in total. The molecule has 2 aliphatic rings. The van der Waals surface area contributed by atoms with Gasteiger partial charge in [-0.1, -0.05) is 30.3 Å². The lowest BCUT2D eigenvalue weighted by atomic mass is 10.2. The largest absolute Gasteiger partial charge is 0.484 e. The number of aromatic nitrogens is 2. The summed E-state index contributed by atoms with van der Waals surface area (Å²) in [6.45, 7) is -0.0268. The summed E-state index contributed by atoms with van der Waals surface area (Å²) in [6, 6.07) is 18.1. The maximum absolute atomic E-state index is 12.7. The molecule has 1 aliphatic carbocycles. The van der Waals surface area contributed by atoms with Crippen molar-refractivity contribution in [3.05, 3.63) is 71.4 Å². The molecule has 0 spiro atoms. The molecule has 7 heteroatoms. The van der Waals surface area contributed by atoms with Gasteiger partial charge in [-0.15, -0.1) is 23.5 Å². The Bertz CT molecular complexity index is 1040. The second-order valence-corrected chi connectivity index (χ2v) is 10.4. The number of aryl methyl sites for hydroxylation is 1. The summed E-state index contributed by atoms with van der Waals surface area (Å²) in [6.07, 6.45) is 4.26. The van der Waals surface area contributed by atoms with Crippen LogP contribution in [-0.2, 0) is 17.6 Å². The first kappa shape index (κ1) is 20.5. The molecule has 0 atom stereocenters. The Morgan fingerprint density at radius 2 is 1.81 bits per heavy atom. The highest BCUT2D eigenvalue weighted by Crippen LogP contribution is 2.43. The molecule has 31 heavy (non-hydrogen) atoms. The highest BCUT2D eigenvalue weighted by Gasteiger charge is 2.24. The molecular formula is C24H25N3O2S2. The Labute approximate surface area is 190 Å². The molecule has 5 nitrogen and oxygen atoms in total. The second kappa shape index (κ2) is 9.40. The molecule has 0 bridgehead atoms. The summed E-state index contributed by atoms with van der Waals surface area (Å²) < 4.78 is 8.12. The van der Waals surface area contributed by atoms with Gasteiger partial charge in [0, 0.05) is 5.56 Å². The van der Waals surface area contributed by atoms with Crippen molar-refractivity contribution in [3.8, 4) is 11.4 Å². The van der Waals surface area contributed by atoms with Gasteiger partial charge in [0.05, 0.1) is 16.0 Å².